The van der Waals surface area contributed by atoms with Gasteiger partial charge in [-0.05, 0) is 56.0 Å². The van der Waals surface area contributed by atoms with Gasteiger partial charge >= 0.3 is 0 Å². The van der Waals surface area contributed by atoms with Crippen LogP contribution < -0.4 is 9.47 Å². The number of carbonyl (C=O) groups excluding carboxylic acids is 1. The van der Waals surface area contributed by atoms with E-state index < -0.39 is 11.5 Å². The van der Waals surface area contributed by atoms with Crippen molar-refractivity contribution in [1.82, 2.24) is 0 Å². The van der Waals surface area contributed by atoms with E-state index in [4.69, 9.17) is 14.2 Å². The number of fused-ring (bicyclic) bond motifs is 2. The van der Waals surface area contributed by atoms with Crippen molar-refractivity contribution in [3.05, 3.63) is 94.5 Å². The van der Waals surface area contributed by atoms with E-state index in [2.05, 4.69) is 13.8 Å². The summed E-state index contributed by atoms with van der Waals surface area (Å²) in [6.45, 7) is 9.16. The van der Waals surface area contributed by atoms with Gasteiger partial charge in [-0.3, -0.25) is 4.79 Å². The van der Waals surface area contributed by atoms with Crippen molar-refractivity contribution >= 4 is 5.78 Å². The van der Waals surface area contributed by atoms with Gasteiger partial charge in [-0.15, -0.1) is 0 Å². The van der Waals surface area contributed by atoms with Crippen LogP contribution in [0.2, 0.25) is 0 Å². The summed E-state index contributed by atoms with van der Waals surface area (Å²) in [5.74, 6) is 1.93. The average Bonchev–Trinajstić information content (AvgIpc) is 3.21. The Kier molecular flexibility index (Phi) is 10.3. The maximum Gasteiger partial charge on any atom is 0.160 e. The van der Waals surface area contributed by atoms with Crippen molar-refractivity contribution in [3.63, 3.8) is 0 Å². The van der Waals surface area contributed by atoms with E-state index in [9.17, 15) is 9.90 Å². The highest BCUT2D eigenvalue weighted by atomic mass is 16.5. The van der Waals surface area contributed by atoms with E-state index in [0.29, 0.717) is 47.2 Å². The molecule has 0 aromatic heterocycles. The van der Waals surface area contributed by atoms with E-state index in [0.717, 1.165) is 37.0 Å². The molecule has 2 aliphatic rings. The average molecular weight is 545 g/mol. The van der Waals surface area contributed by atoms with E-state index in [-0.39, 0.29) is 5.78 Å². The summed E-state index contributed by atoms with van der Waals surface area (Å²) in [5.41, 5.74) is 1.00. The lowest BCUT2D eigenvalue weighted by Gasteiger charge is -2.35. The first-order valence-electron chi connectivity index (χ1n) is 14.9. The molecule has 0 amide bonds. The fourth-order valence-electron chi connectivity index (χ4n) is 5.47. The standard InChI is InChI=1S/C35H44O5/c1-5-7-9-13-19-38-28-18-17-27-22-29(23-28)40-34-24-33(39-20-14-10-8-6-2)25(3)21-32(34)35(27,37)31-16-12-11-15-30(31)26(4)36/h11-12,15-18,21-24,27,37H,5-10,13-14,19-20H2,1-4H3. The molecule has 1 aliphatic carbocycles. The van der Waals surface area contributed by atoms with Gasteiger partial charge < -0.3 is 19.3 Å². The maximum atomic E-state index is 12.8. The molecule has 40 heavy (non-hydrogen) atoms. The summed E-state index contributed by atoms with van der Waals surface area (Å²) in [5, 5.41) is 12.8. The second-order valence-electron chi connectivity index (χ2n) is 10.9. The molecule has 1 N–H and O–H groups in total. The molecule has 5 heteroatoms. The lowest BCUT2D eigenvalue weighted by molar-refractivity contribution is 0.0525. The van der Waals surface area contributed by atoms with E-state index in [1.54, 1.807) is 6.07 Å². The summed E-state index contributed by atoms with van der Waals surface area (Å²) < 4.78 is 18.8. The van der Waals surface area contributed by atoms with Crippen molar-refractivity contribution in [2.45, 2.75) is 84.7 Å². The number of allylic oxidation sites excluding steroid dienone is 2. The minimum atomic E-state index is -1.55. The summed E-state index contributed by atoms with van der Waals surface area (Å²) in [6, 6.07) is 11.1. The van der Waals surface area contributed by atoms with Crippen molar-refractivity contribution in [2.75, 3.05) is 13.2 Å². The molecule has 4 rings (SSSR count). The fourth-order valence-corrected chi connectivity index (χ4v) is 5.47. The third kappa shape index (κ3) is 6.69. The minimum Gasteiger partial charge on any atom is -0.493 e. The number of unbranched alkanes of at least 4 members (excludes halogenated alkanes) is 6. The molecule has 2 aromatic rings. The largest absolute Gasteiger partial charge is 0.493 e. The Morgan fingerprint density at radius 3 is 2.35 bits per heavy atom. The highest BCUT2D eigenvalue weighted by Crippen LogP contribution is 2.49. The molecule has 2 bridgehead atoms. The molecule has 1 aliphatic heterocycles. The Hall–Kier alpha value is -3.31. The van der Waals surface area contributed by atoms with E-state index in [1.165, 1.54) is 32.6 Å². The molecule has 214 valence electrons. The monoisotopic (exact) mass is 544 g/mol. The summed E-state index contributed by atoms with van der Waals surface area (Å²) in [4.78, 5) is 12.7. The second kappa shape index (κ2) is 13.8. The van der Waals surface area contributed by atoms with Crippen molar-refractivity contribution < 1.29 is 24.1 Å². The first-order chi connectivity index (χ1) is 19.4. The Balaban J connectivity index is 1.75. The number of aliphatic hydroxyl groups is 1. The van der Waals surface area contributed by atoms with Crippen LogP contribution in [0.1, 0.15) is 99.2 Å². The van der Waals surface area contributed by atoms with Crippen LogP contribution in [0.3, 0.4) is 0 Å². The highest BCUT2D eigenvalue weighted by Gasteiger charge is 2.45. The molecule has 1 heterocycles. The van der Waals surface area contributed by atoms with Gasteiger partial charge in [0, 0.05) is 29.2 Å². The van der Waals surface area contributed by atoms with Gasteiger partial charge in [0.2, 0.25) is 0 Å². The number of ether oxygens (including phenoxy) is 3. The number of carbonyl (C=O) groups is 1. The molecule has 5 nitrogen and oxygen atoms in total. The third-order valence-corrected chi connectivity index (χ3v) is 7.73. The molecule has 2 aromatic carbocycles. The molecule has 2 unspecified atom stereocenters. The van der Waals surface area contributed by atoms with E-state index >= 15 is 0 Å². The fraction of sp³-hybridized carbons (Fsp3) is 0.457. The van der Waals surface area contributed by atoms with Crippen molar-refractivity contribution in [3.8, 4) is 11.5 Å². The van der Waals surface area contributed by atoms with Crippen molar-refractivity contribution in [2.24, 2.45) is 5.92 Å². The first kappa shape index (κ1) is 29.7. The predicted octanol–water partition coefficient (Wildman–Crippen LogP) is 8.34. The number of benzene rings is 2. The topological polar surface area (TPSA) is 65.0 Å². The van der Waals surface area contributed by atoms with Crippen LogP contribution in [-0.4, -0.2) is 24.1 Å². The van der Waals surface area contributed by atoms with E-state index in [1.807, 2.05) is 61.6 Å². The molecular formula is C35H44O5. The van der Waals surface area contributed by atoms with Gasteiger partial charge in [0.15, 0.2) is 5.78 Å². The van der Waals surface area contributed by atoms with Gasteiger partial charge in [0.05, 0.1) is 13.2 Å². The number of aryl methyl sites for hydroxylation is 1. The molecular weight excluding hydrogens is 500 g/mol. The smallest absolute Gasteiger partial charge is 0.160 e. The van der Waals surface area contributed by atoms with Gasteiger partial charge in [0.1, 0.15) is 28.6 Å². The highest BCUT2D eigenvalue weighted by molar-refractivity contribution is 5.96. The van der Waals surface area contributed by atoms with Crippen LogP contribution in [0.25, 0.3) is 0 Å². The molecule has 0 fully saturated rings. The second-order valence-corrected chi connectivity index (χ2v) is 10.9. The quantitative estimate of drug-likeness (QED) is 0.191. The summed E-state index contributed by atoms with van der Waals surface area (Å²) in [7, 11) is 0. The normalized spacial score (nSPS) is 19.5. The third-order valence-electron chi connectivity index (χ3n) is 7.73. The van der Waals surface area contributed by atoms with Crippen LogP contribution in [0.5, 0.6) is 11.5 Å². The van der Waals surface area contributed by atoms with Crippen LogP contribution >= 0.6 is 0 Å². The molecule has 0 radical (unpaired) electrons. The lowest BCUT2D eigenvalue weighted by Crippen LogP contribution is -2.36. The van der Waals surface area contributed by atoms with Crippen LogP contribution in [-0.2, 0) is 10.3 Å². The zero-order chi connectivity index (χ0) is 28.5. The SMILES string of the molecule is CCCCCCOC1=CC2=CC(C=C1)C(O)(c1ccccc1C(C)=O)c1cc(C)c(OCCCCCC)cc1O2. The van der Waals surface area contributed by atoms with Crippen molar-refractivity contribution in [1.29, 1.82) is 0 Å². The first-order valence-corrected chi connectivity index (χ1v) is 14.9. The number of hydrogen-bond acceptors (Lipinski definition) is 5. The predicted molar refractivity (Wildman–Crippen MR) is 160 cm³/mol. The van der Waals surface area contributed by atoms with Crippen LogP contribution in [0.15, 0.2) is 72.2 Å². The summed E-state index contributed by atoms with van der Waals surface area (Å²) in [6.07, 6.45) is 16.6. The number of rotatable bonds is 14. The maximum absolute atomic E-state index is 12.8. The molecule has 0 spiro atoms. The molecule has 2 atom stereocenters. The van der Waals surface area contributed by atoms with Crippen LogP contribution in [0, 0.1) is 12.8 Å². The number of Topliss-reactive ketones (excluding diaryl/α,β-unsaturated/α-hetero) is 1. The van der Waals surface area contributed by atoms with Gasteiger partial charge in [0.25, 0.3) is 0 Å². The lowest BCUT2D eigenvalue weighted by atomic mass is 9.73. The summed E-state index contributed by atoms with van der Waals surface area (Å²) >= 11 is 0. The van der Waals surface area contributed by atoms with Gasteiger partial charge in [-0.1, -0.05) is 82.7 Å². The molecule has 0 saturated heterocycles. The Bertz CT molecular complexity index is 1270. The van der Waals surface area contributed by atoms with Crippen LogP contribution in [0.4, 0.5) is 0 Å². The Morgan fingerprint density at radius 1 is 0.950 bits per heavy atom. The molecule has 0 saturated carbocycles. The number of hydrogen-bond donors (Lipinski definition) is 1. The zero-order valence-electron chi connectivity index (χ0n) is 24.5. The number of ketones is 1. The minimum absolute atomic E-state index is 0.101. The van der Waals surface area contributed by atoms with Gasteiger partial charge in [-0.25, -0.2) is 0 Å². The van der Waals surface area contributed by atoms with Gasteiger partial charge in [-0.2, -0.15) is 0 Å². The zero-order valence-corrected chi connectivity index (χ0v) is 24.5. The Labute approximate surface area is 239 Å². The Morgan fingerprint density at radius 2 is 1.65 bits per heavy atom.